The number of halogens is 2. The highest BCUT2D eigenvalue weighted by Gasteiger charge is 2.10. The minimum atomic E-state index is -0.531. The Morgan fingerprint density at radius 2 is 2.33 bits per heavy atom. The van der Waals surface area contributed by atoms with Crippen LogP contribution in [0.3, 0.4) is 0 Å². The number of hydrogen-bond donors (Lipinski definition) is 2. The van der Waals surface area contributed by atoms with Crippen LogP contribution in [-0.2, 0) is 0 Å². The molecule has 0 unspecified atom stereocenters. The molecule has 0 saturated heterocycles. The highest BCUT2D eigenvalue weighted by molar-refractivity contribution is 6.37. The molecule has 0 aliphatic heterocycles. The van der Waals surface area contributed by atoms with E-state index in [0.717, 1.165) is 0 Å². The second-order valence-corrected chi connectivity index (χ2v) is 2.76. The van der Waals surface area contributed by atoms with E-state index >= 15 is 0 Å². The van der Waals surface area contributed by atoms with Gasteiger partial charge in [0.15, 0.2) is 0 Å². The molecule has 0 amide bonds. The van der Waals surface area contributed by atoms with Crippen molar-refractivity contribution < 1.29 is 4.39 Å². The van der Waals surface area contributed by atoms with Crippen molar-refractivity contribution in [3.05, 3.63) is 23.2 Å². The van der Waals surface area contributed by atoms with Gasteiger partial charge in [-0.2, -0.15) is 0 Å². The molecule has 0 radical (unpaired) electrons. The van der Waals surface area contributed by atoms with E-state index in [2.05, 4.69) is 9.97 Å². The van der Waals surface area contributed by atoms with Crippen LogP contribution in [0, 0.1) is 5.82 Å². The summed E-state index contributed by atoms with van der Waals surface area (Å²) in [4.78, 5) is 6.62. The smallest absolute Gasteiger partial charge is 0.149 e. The number of nitrogens with zero attached hydrogens (tertiary/aromatic N) is 1. The molecule has 0 aliphatic rings. The quantitative estimate of drug-likeness (QED) is 0.617. The molecule has 0 atom stereocenters. The predicted molar refractivity (Wildman–Crippen MR) is 45.5 cm³/mol. The average Bonchev–Trinajstić information content (AvgIpc) is 2.48. The number of nitrogen functional groups attached to an aromatic ring is 1. The van der Waals surface area contributed by atoms with Crippen molar-refractivity contribution in [3.8, 4) is 0 Å². The number of benzene rings is 1. The number of imidazole rings is 1. The molecule has 62 valence electrons. The van der Waals surface area contributed by atoms with Gasteiger partial charge in [0.25, 0.3) is 0 Å². The second kappa shape index (κ2) is 2.35. The number of fused-ring (bicyclic) bond motifs is 1. The van der Waals surface area contributed by atoms with Crippen LogP contribution < -0.4 is 5.73 Å². The number of H-pyrrole nitrogens is 1. The summed E-state index contributed by atoms with van der Waals surface area (Å²) in [6, 6.07) is 1.27. The third kappa shape index (κ3) is 0.848. The van der Waals surface area contributed by atoms with Crippen molar-refractivity contribution in [3.63, 3.8) is 0 Å². The van der Waals surface area contributed by atoms with Gasteiger partial charge in [0.1, 0.15) is 11.3 Å². The molecule has 0 spiro atoms. The first-order chi connectivity index (χ1) is 5.70. The Balaban J connectivity index is 2.94. The first kappa shape index (κ1) is 7.36. The number of nitrogens with one attached hydrogen (secondary N) is 1. The van der Waals surface area contributed by atoms with E-state index < -0.39 is 5.82 Å². The summed E-state index contributed by atoms with van der Waals surface area (Å²) in [6.45, 7) is 0. The summed E-state index contributed by atoms with van der Waals surface area (Å²) in [7, 11) is 0. The Labute approximate surface area is 72.4 Å². The Bertz CT molecular complexity index is 437. The maximum absolute atomic E-state index is 12.9. The highest BCUT2D eigenvalue weighted by Crippen LogP contribution is 2.28. The predicted octanol–water partition coefficient (Wildman–Crippen LogP) is 1.94. The molecule has 0 aliphatic carbocycles. The fourth-order valence-electron chi connectivity index (χ4n) is 1.03. The van der Waals surface area contributed by atoms with E-state index in [-0.39, 0.29) is 10.7 Å². The van der Waals surface area contributed by atoms with Crippen molar-refractivity contribution in [2.75, 3.05) is 5.73 Å². The number of aromatic nitrogens is 2. The third-order valence-corrected chi connectivity index (χ3v) is 2.02. The number of hydrogen-bond acceptors (Lipinski definition) is 2. The van der Waals surface area contributed by atoms with E-state index in [1.165, 1.54) is 12.4 Å². The number of nitrogens with two attached hydrogens (primary N) is 1. The molecule has 2 aromatic rings. The lowest BCUT2D eigenvalue weighted by atomic mass is 10.2. The van der Waals surface area contributed by atoms with Gasteiger partial charge in [0.05, 0.1) is 22.6 Å². The van der Waals surface area contributed by atoms with Crippen LogP contribution >= 0.6 is 11.6 Å². The normalized spacial score (nSPS) is 10.8. The van der Waals surface area contributed by atoms with E-state index in [1.54, 1.807) is 0 Å². The van der Waals surface area contributed by atoms with Gasteiger partial charge >= 0.3 is 0 Å². The zero-order valence-corrected chi connectivity index (χ0v) is 6.69. The summed E-state index contributed by atoms with van der Waals surface area (Å²) in [5, 5.41) is 0.159. The molecule has 2 rings (SSSR count). The Hall–Kier alpha value is -1.29. The largest absolute Gasteiger partial charge is 0.395 e. The third-order valence-electron chi connectivity index (χ3n) is 1.64. The van der Waals surface area contributed by atoms with Crippen molar-refractivity contribution in [2.24, 2.45) is 0 Å². The average molecular weight is 186 g/mol. The van der Waals surface area contributed by atoms with Crippen LogP contribution in [0.4, 0.5) is 10.1 Å². The van der Waals surface area contributed by atoms with Gasteiger partial charge < -0.3 is 10.7 Å². The van der Waals surface area contributed by atoms with Crippen molar-refractivity contribution in [2.45, 2.75) is 0 Å². The van der Waals surface area contributed by atoms with E-state index in [0.29, 0.717) is 11.0 Å². The molecule has 0 bridgehead atoms. The van der Waals surface area contributed by atoms with Crippen molar-refractivity contribution in [1.82, 2.24) is 9.97 Å². The van der Waals surface area contributed by atoms with Gasteiger partial charge in [0.2, 0.25) is 0 Å². The van der Waals surface area contributed by atoms with Gasteiger partial charge in [0, 0.05) is 6.07 Å². The van der Waals surface area contributed by atoms with E-state index in [9.17, 15) is 4.39 Å². The minimum absolute atomic E-state index is 0.0590. The van der Waals surface area contributed by atoms with Crippen LogP contribution in [0.1, 0.15) is 0 Å². The number of aromatic amines is 1. The zero-order chi connectivity index (χ0) is 8.72. The Kier molecular flexibility index (Phi) is 1.44. The maximum atomic E-state index is 12.9. The molecule has 1 aromatic heterocycles. The number of rotatable bonds is 0. The van der Waals surface area contributed by atoms with Crippen LogP contribution in [0.25, 0.3) is 11.0 Å². The molecular weight excluding hydrogens is 181 g/mol. The van der Waals surface area contributed by atoms with Crippen molar-refractivity contribution >= 4 is 28.3 Å². The zero-order valence-electron chi connectivity index (χ0n) is 5.94. The van der Waals surface area contributed by atoms with Gasteiger partial charge in [-0.05, 0) is 0 Å². The molecule has 3 nitrogen and oxygen atoms in total. The van der Waals surface area contributed by atoms with Crippen LogP contribution in [-0.4, -0.2) is 9.97 Å². The monoisotopic (exact) mass is 185 g/mol. The van der Waals surface area contributed by atoms with Gasteiger partial charge in [-0.25, -0.2) is 9.37 Å². The first-order valence-corrected chi connectivity index (χ1v) is 3.64. The van der Waals surface area contributed by atoms with Crippen LogP contribution in [0.2, 0.25) is 5.02 Å². The van der Waals surface area contributed by atoms with Gasteiger partial charge in [-0.3, -0.25) is 0 Å². The van der Waals surface area contributed by atoms with E-state index in [1.807, 2.05) is 0 Å². The molecule has 1 aromatic carbocycles. The highest BCUT2D eigenvalue weighted by atomic mass is 35.5. The summed E-state index contributed by atoms with van der Waals surface area (Å²) in [5.41, 5.74) is 6.33. The summed E-state index contributed by atoms with van der Waals surface area (Å²) in [6.07, 6.45) is 1.44. The molecule has 12 heavy (non-hydrogen) atoms. The lowest BCUT2D eigenvalue weighted by Crippen LogP contribution is -1.92. The van der Waals surface area contributed by atoms with E-state index in [4.69, 9.17) is 17.3 Å². The lowest BCUT2D eigenvalue weighted by Gasteiger charge is -1.99. The summed E-state index contributed by atoms with van der Waals surface area (Å²) >= 11 is 5.73. The number of anilines is 1. The van der Waals surface area contributed by atoms with Gasteiger partial charge in [-0.1, -0.05) is 11.6 Å². The second-order valence-electron chi connectivity index (χ2n) is 2.38. The SMILES string of the molecule is Nc1c(F)cc2[nH]cnc2c1Cl. The minimum Gasteiger partial charge on any atom is -0.395 e. The topological polar surface area (TPSA) is 54.7 Å². The summed E-state index contributed by atoms with van der Waals surface area (Å²) in [5.74, 6) is -0.531. The van der Waals surface area contributed by atoms with Crippen LogP contribution in [0.5, 0.6) is 0 Å². The van der Waals surface area contributed by atoms with Crippen molar-refractivity contribution in [1.29, 1.82) is 0 Å². The molecule has 5 heteroatoms. The fourth-order valence-corrected chi connectivity index (χ4v) is 1.27. The Morgan fingerprint density at radius 1 is 1.58 bits per heavy atom. The fraction of sp³-hybridized carbons (Fsp3) is 0. The van der Waals surface area contributed by atoms with Gasteiger partial charge in [-0.15, -0.1) is 0 Å². The van der Waals surface area contributed by atoms with Crippen LogP contribution in [0.15, 0.2) is 12.4 Å². The molecule has 0 fully saturated rings. The first-order valence-electron chi connectivity index (χ1n) is 3.26. The molecule has 1 heterocycles. The molecule has 0 saturated carbocycles. The maximum Gasteiger partial charge on any atom is 0.149 e. The Morgan fingerprint density at radius 3 is 3.08 bits per heavy atom. The molecular formula is C7H5ClFN3. The summed E-state index contributed by atoms with van der Waals surface area (Å²) < 4.78 is 12.9. The standard InChI is InChI=1S/C7H5ClFN3/c8-5-6(10)3(9)1-4-7(5)12-2-11-4/h1-2H,10H2,(H,11,12). The molecule has 3 N–H and O–H groups in total. The lowest BCUT2D eigenvalue weighted by molar-refractivity contribution is 0.634.